The van der Waals surface area contributed by atoms with E-state index in [4.69, 9.17) is 23.2 Å². The number of hydrogen-bond donors (Lipinski definition) is 2. The van der Waals surface area contributed by atoms with E-state index in [1.165, 1.54) is 36.5 Å². The molecule has 0 unspecified atom stereocenters. The van der Waals surface area contributed by atoms with Gasteiger partial charge in [-0.2, -0.15) is 20.1 Å². The molecule has 0 atom stereocenters. The van der Waals surface area contributed by atoms with Gasteiger partial charge >= 0.3 is 6.36 Å². The number of hydrogen-bond acceptors (Lipinski definition) is 7. The molecule has 0 radical (unpaired) electrons. The molecule has 0 saturated heterocycles. The monoisotopic (exact) mass is 536 g/mol. The third-order valence-corrected chi connectivity index (χ3v) is 5.08. The molecule has 0 amide bonds. The molecule has 0 saturated carbocycles. The molecule has 4 aromatic rings. The Kier molecular flexibility index (Phi) is 7.51. The van der Waals surface area contributed by atoms with E-state index in [1.807, 2.05) is 0 Å². The van der Waals surface area contributed by atoms with Gasteiger partial charge in [-0.15, -0.1) is 13.2 Å². The quantitative estimate of drug-likeness (QED) is 0.149. The zero-order valence-corrected chi connectivity index (χ0v) is 19.4. The molecule has 1 aromatic heterocycles. The zero-order chi connectivity index (χ0) is 25.7. The van der Waals surface area contributed by atoms with Gasteiger partial charge in [0.15, 0.2) is 5.82 Å². The van der Waals surface area contributed by atoms with Crippen LogP contribution in [0.15, 0.2) is 71.8 Å². The summed E-state index contributed by atoms with van der Waals surface area (Å²) in [5.41, 5.74) is 3.50. The maximum atomic E-state index is 14.5. The van der Waals surface area contributed by atoms with E-state index in [2.05, 4.69) is 35.5 Å². The number of hydrazone groups is 1. The van der Waals surface area contributed by atoms with Crippen LogP contribution in [-0.2, 0) is 0 Å². The summed E-state index contributed by atoms with van der Waals surface area (Å²) in [6.45, 7) is 0. The molecule has 13 heteroatoms. The molecule has 0 fully saturated rings. The van der Waals surface area contributed by atoms with Gasteiger partial charge in [0.05, 0.1) is 27.5 Å². The average molecular weight is 537 g/mol. The number of halogens is 6. The highest BCUT2D eigenvalue weighted by atomic mass is 35.5. The van der Waals surface area contributed by atoms with Crippen LogP contribution < -0.4 is 15.5 Å². The van der Waals surface area contributed by atoms with Gasteiger partial charge in [0.2, 0.25) is 11.9 Å². The number of alkyl halides is 3. The van der Waals surface area contributed by atoms with Gasteiger partial charge in [-0.1, -0.05) is 41.4 Å². The number of ether oxygens (including phenoxy) is 1. The number of anilines is 3. The summed E-state index contributed by atoms with van der Waals surface area (Å²) in [5, 5.41) is 7.41. The largest absolute Gasteiger partial charge is 0.573 e. The van der Waals surface area contributed by atoms with Crippen molar-refractivity contribution < 1.29 is 22.3 Å². The molecular formula is C23H14Cl2F4N6O. The number of rotatable bonds is 7. The van der Waals surface area contributed by atoms with Gasteiger partial charge in [-0.3, -0.25) is 0 Å². The summed E-state index contributed by atoms with van der Waals surface area (Å²) < 4.78 is 55.3. The van der Waals surface area contributed by atoms with E-state index in [0.717, 1.165) is 12.1 Å². The van der Waals surface area contributed by atoms with Gasteiger partial charge in [-0.05, 0) is 54.1 Å². The molecule has 184 valence electrons. The topological polar surface area (TPSA) is 84.3 Å². The summed E-state index contributed by atoms with van der Waals surface area (Å²) >= 11 is 12.4. The third kappa shape index (κ3) is 6.58. The summed E-state index contributed by atoms with van der Waals surface area (Å²) in [7, 11) is 0. The highest BCUT2D eigenvalue weighted by Gasteiger charge is 2.30. The van der Waals surface area contributed by atoms with Gasteiger partial charge in [0.25, 0.3) is 0 Å². The highest BCUT2D eigenvalue weighted by Crippen LogP contribution is 2.30. The van der Waals surface area contributed by atoms with E-state index in [-0.39, 0.29) is 34.1 Å². The maximum Gasteiger partial charge on any atom is 0.573 e. The molecule has 1 heterocycles. The smallest absolute Gasteiger partial charge is 0.406 e. The number of nitrogens with zero attached hydrogens (tertiary/aromatic N) is 4. The third-order valence-electron chi connectivity index (χ3n) is 4.43. The minimum atomic E-state index is -4.79. The van der Waals surface area contributed by atoms with Crippen LogP contribution in [0, 0.1) is 5.82 Å². The predicted octanol–water partition coefficient (Wildman–Crippen LogP) is 7.07. The Bertz CT molecular complexity index is 1380. The van der Waals surface area contributed by atoms with E-state index in [9.17, 15) is 17.6 Å². The van der Waals surface area contributed by atoms with Crippen LogP contribution in [0.4, 0.5) is 35.1 Å². The van der Waals surface area contributed by atoms with Crippen LogP contribution in [0.25, 0.3) is 11.4 Å². The minimum absolute atomic E-state index is 0.0266. The average Bonchev–Trinajstić information content (AvgIpc) is 2.81. The van der Waals surface area contributed by atoms with E-state index in [0.29, 0.717) is 16.3 Å². The first kappa shape index (κ1) is 25.1. The summed E-state index contributed by atoms with van der Waals surface area (Å²) in [5.74, 6) is -1.13. The molecule has 0 bridgehead atoms. The van der Waals surface area contributed by atoms with Crippen molar-refractivity contribution in [3.05, 3.63) is 88.2 Å². The first-order chi connectivity index (χ1) is 17.2. The molecule has 0 aliphatic heterocycles. The van der Waals surface area contributed by atoms with Crippen molar-refractivity contribution >= 4 is 47.0 Å². The molecule has 0 aliphatic carbocycles. The van der Waals surface area contributed by atoms with Crippen LogP contribution >= 0.6 is 23.2 Å². The Morgan fingerprint density at radius 3 is 2.22 bits per heavy atom. The maximum absolute atomic E-state index is 14.5. The van der Waals surface area contributed by atoms with Crippen molar-refractivity contribution in [2.75, 3.05) is 10.7 Å². The van der Waals surface area contributed by atoms with Gasteiger partial charge in [0.1, 0.15) is 11.6 Å². The standard InChI is InChI=1S/C23H14Cl2F4N6O/c24-15-4-1-2-7-18(15)31-21-32-20(19-16(25)5-3-6-17(19)26)33-22(34-21)35-30-12-13-8-10-14(11-9-13)36-23(27,28)29/h1-12H,(H2,31,32,33,34,35)/b30-12+. The van der Waals surface area contributed by atoms with Gasteiger partial charge in [0, 0.05) is 0 Å². The molecule has 2 N–H and O–H groups in total. The van der Waals surface area contributed by atoms with Crippen LogP contribution in [0.3, 0.4) is 0 Å². The van der Waals surface area contributed by atoms with Crippen molar-refractivity contribution in [2.24, 2.45) is 5.10 Å². The van der Waals surface area contributed by atoms with Crippen molar-refractivity contribution in [2.45, 2.75) is 6.36 Å². The Balaban J connectivity index is 1.61. The first-order valence-electron chi connectivity index (χ1n) is 10.0. The zero-order valence-electron chi connectivity index (χ0n) is 17.9. The predicted molar refractivity (Wildman–Crippen MR) is 129 cm³/mol. The first-order valence-corrected chi connectivity index (χ1v) is 10.8. The van der Waals surface area contributed by atoms with E-state index >= 15 is 0 Å². The van der Waals surface area contributed by atoms with Crippen molar-refractivity contribution in [1.29, 1.82) is 0 Å². The molecule has 3 aromatic carbocycles. The summed E-state index contributed by atoms with van der Waals surface area (Å²) in [6.07, 6.45) is -3.47. The summed E-state index contributed by atoms with van der Waals surface area (Å²) in [6, 6.07) is 16.0. The lowest BCUT2D eigenvalue weighted by molar-refractivity contribution is -0.274. The molecule has 0 spiro atoms. The minimum Gasteiger partial charge on any atom is -0.406 e. The Hall–Kier alpha value is -3.96. The lowest BCUT2D eigenvalue weighted by Crippen LogP contribution is -2.17. The number of benzene rings is 3. The second-order valence-corrected chi connectivity index (χ2v) is 7.81. The molecule has 7 nitrogen and oxygen atoms in total. The number of nitrogens with one attached hydrogen (secondary N) is 2. The fourth-order valence-electron chi connectivity index (χ4n) is 2.91. The van der Waals surface area contributed by atoms with Crippen LogP contribution in [-0.4, -0.2) is 27.5 Å². The fraction of sp³-hybridized carbons (Fsp3) is 0.0435. The van der Waals surface area contributed by atoms with Gasteiger partial charge in [-0.25, -0.2) is 9.82 Å². The normalized spacial score (nSPS) is 11.5. The Labute approximate surface area is 211 Å². The second kappa shape index (κ2) is 10.8. The lowest BCUT2D eigenvalue weighted by Gasteiger charge is -2.11. The molecule has 0 aliphatic rings. The molecule has 4 rings (SSSR count). The second-order valence-electron chi connectivity index (χ2n) is 6.99. The van der Waals surface area contributed by atoms with Crippen molar-refractivity contribution in [3.63, 3.8) is 0 Å². The lowest BCUT2D eigenvalue weighted by atomic mass is 10.2. The van der Waals surface area contributed by atoms with Crippen LogP contribution in [0.5, 0.6) is 5.75 Å². The van der Waals surface area contributed by atoms with Gasteiger partial charge < -0.3 is 10.1 Å². The number of aromatic nitrogens is 3. The van der Waals surface area contributed by atoms with Crippen LogP contribution in [0.1, 0.15) is 5.56 Å². The Morgan fingerprint density at radius 2 is 1.53 bits per heavy atom. The van der Waals surface area contributed by atoms with Crippen molar-refractivity contribution in [1.82, 2.24) is 15.0 Å². The Morgan fingerprint density at radius 1 is 0.833 bits per heavy atom. The highest BCUT2D eigenvalue weighted by molar-refractivity contribution is 6.33. The molecule has 36 heavy (non-hydrogen) atoms. The van der Waals surface area contributed by atoms with Crippen molar-refractivity contribution in [3.8, 4) is 17.1 Å². The molecular weight excluding hydrogens is 523 g/mol. The SMILES string of the molecule is Fc1cccc(Cl)c1-c1nc(N/N=C/c2ccc(OC(F)(F)F)cc2)nc(Nc2ccccc2Cl)n1. The fourth-order valence-corrected chi connectivity index (χ4v) is 3.34. The van der Waals surface area contributed by atoms with Crippen LogP contribution in [0.2, 0.25) is 10.0 Å². The van der Waals surface area contributed by atoms with E-state index < -0.39 is 12.2 Å². The van der Waals surface area contributed by atoms with E-state index in [1.54, 1.807) is 24.3 Å². The summed E-state index contributed by atoms with van der Waals surface area (Å²) in [4.78, 5) is 12.7. The number of para-hydroxylation sites is 1.